The molecule has 1 unspecified atom stereocenters. The molecule has 2 aliphatic rings. The number of nitrogens with zero attached hydrogens (tertiary/aromatic N) is 2. The van der Waals surface area contributed by atoms with Gasteiger partial charge >= 0.3 is 0 Å². The highest BCUT2D eigenvalue weighted by Gasteiger charge is 2.33. The van der Waals surface area contributed by atoms with Gasteiger partial charge in [-0.1, -0.05) is 36.8 Å². The molecule has 0 bridgehead atoms. The Balaban J connectivity index is 1.19. The van der Waals surface area contributed by atoms with Gasteiger partial charge in [-0.25, -0.2) is 8.42 Å². The lowest BCUT2D eigenvalue weighted by Gasteiger charge is -2.34. The van der Waals surface area contributed by atoms with Crippen molar-refractivity contribution in [1.82, 2.24) is 14.5 Å². The van der Waals surface area contributed by atoms with E-state index in [0.29, 0.717) is 37.4 Å². The van der Waals surface area contributed by atoms with Crippen LogP contribution in [0.25, 0.3) is 10.8 Å². The topological polar surface area (TPSA) is 82.9 Å². The van der Waals surface area contributed by atoms with Gasteiger partial charge < -0.3 is 9.73 Å². The van der Waals surface area contributed by atoms with Gasteiger partial charge in [0.2, 0.25) is 15.9 Å². The number of sulfonamides is 1. The molecule has 1 amide bonds. The van der Waals surface area contributed by atoms with Crippen LogP contribution in [0.4, 0.5) is 0 Å². The van der Waals surface area contributed by atoms with Crippen LogP contribution >= 0.6 is 0 Å². The third-order valence-corrected chi connectivity index (χ3v) is 9.25. The smallest absolute Gasteiger partial charge is 0.243 e. The van der Waals surface area contributed by atoms with Crippen LogP contribution in [0, 0.1) is 5.92 Å². The van der Waals surface area contributed by atoms with Gasteiger partial charge in [-0.3, -0.25) is 9.69 Å². The van der Waals surface area contributed by atoms with Crippen LogP contribution < -0.4 is 5.32 Å². The van der Waals surface area contributed by atoms with Crippen LogP contribution in [0.3, 0.4) is 0 Å². The highest BCUT2D eigenvalue weighted by molar-refractivity contribution is 7.89. The van der Waals surface area contributed by atoms with Gasteiger partial charge in [0.25, 0.3) is 0 Å². The maximum atomic E-state index is 13.2. The van der Waals surface area contributed by atoms with Crippen molar-refractivity contribution in [3.63, 3.8) is 0 Å². The molecule has 35 heavy (non-hydrogen) atoms. The van der Waals surface area contributed by atoms with Crippen molar-refractivity contribution in [2.45, 2.75) is 43.0 Å². The van der Waals surface area contributed by atoms with E-state index in [9.17, 15) is 13.2 Å². The number of carbonyl (C=O) groups excluding carboxylic acids is 1. The first kappa shape index (κ1) is 24.0. The van der Waals surface area contributed by atoms with E-state index in [0.717, 1.165) is 42.5 Å². The highest BCUT2D eigenvalue weighted by Crippen LogP contribution is 2.28. The second kappa shape index (κ2) is 10.5. The largest absolute Gasteiger partial charge is 0.468 e. The fraction of sp³-hybridized carbons (Fsp3) is 0.444. The first-order valence-corrected chi connectivity index (χ1v) is 14.0. The molecule has 2 aliphatic heterocycles. The van der Waals surface area contributed by atoms with E-state index >= 15 is 0 Å². The number of hydrogen-bond donors (Lipinski definition) is 1. The number of nitrogens with one attached hydrogen (secondary N) is 1. The molecular weight excluding hydrogens is 462 g/mol. The number of rotatable bonds is 7. The molecule has 7 nitrogen and oxygen atoms in total. The third-order valence-electron chi connectivity index (χ3n) is 7.36. The highest BCUT2D eigenvalue weighted by atomic mass is 32.2. The lowest BCUT2D eigenvalue weighted by Crippen LogP contribution is -2.45. The third kappa shape index (κ3) is 5.29. The molecule has 3 heterocycles. The first-order valence-electron chi connectivity index (χ1n) is 12.6. The fourth-order valence-electron chi connectivity index (χ4n) is 5.30. The second-order valence-corrected chi connectivity index (χ2v) is 11.5. The predicted octanol–water partition coefficient (Wildman–Crippen LogP) is 4.18. The summed E-state index contributed by atoms with van der Waals surface area (Å²) in [5.41, 5.74) is 0. The van der Waals surface area contributed by atoms with Crippen molar-refractivity contribution in [3.05, 3.63) is 66.6 Å². The summed E-state index contributed by atoms with van der Waals surface area (Å²) in [6.07, 6.45) is 6.29. The Morgan fingerprint density at radius 2 is 1.69 bits per heavy atom. The number of hydrogen-bond acceptors (Lipinski definition) is 5. The minimum absolute atomic E-state index is 0.00122. The van der Waals surface area contributed by atoms with E-state index in [-0.39, 0.29) is 17.9 Å². The molecule has 2 saturated heterocycles. The Morgan fingerprint density at radius 3 is 2.40 bits per heavy atom. The number of fused-ring (bicyclic) bond motifs is 1. The summed E-state index contributed by atoms with van der Waals surface area (Å²) >= 11 is 0. The molecule has 0 radical (unpaired) electrons. The Hall–Kier alpha value is -2.68. The molecule has 0 aliphatic carbocycles. The fourth-order valence-corrected chi connectivity index (χ4v) is 6.80. The quantitative estimate of drug-likeness (QED) is 0.532. The molecule has 2 fully saturated rings. The van der Waals surface area contributed by atoms with E-state index in [4.69, 9.17) is 4.42 Å². The zero-order valence-corrected chi connectivity index (χ0v) is 20.8. The average molecular weight is 496 g/mol. The standard InChI is InChI=1S/C27H33N3O4S/c31-27(28-20-25(26-9-6-18-34-26)29-14-4-1-5-15-29)22-12-16-30(17-13-22)35(32,33)24-11-10-21-7-2-3-8-23(21)19-24/h2-3,6-11,18-19,22,25H,1,4-5,12-17,20H2,(H,28,31). The van der Waals surface area contributed by atoms with E-state index in [1.807, 2.05) is 42.5 Å². The second-order valence-electron chi connectivity index (χ2n) is 9.56. The molecule has 8 heteroatoms. The summed E-state index contributed by atoms with van der Waals surface area (Å²) < 4.78 is 33.7. The molecule has 1 aromatic heterocycles. The average Bonchev–Trinajstić information content (AvgIpc) is 3.44. The number of benzene rings is 2. The molecule has 0 saturated carbocycles. The van der Waals surface area contributed by atoms with Crippen molar-refractivity contribution in [1.29, 1.82) is 0 Å². The predicted molar refractivity (Wildman–Crippen MR) is 135 cm³/mol. The van der Waals surface area contributed by atoms with E-state index in [1.165, 1.54) is 10.7 Å². The zero-order chi connectivity index (χ0) is 24.3. The Bertz CT molecular complexity index is 1240. The van der Waals surface area contributed by atoms with E-state index in [2.05, 4.69) is 10.2 Å². The van der Waals surface area contributed by atoms with Gasteiger partial charge in [-0.2, -0.15) is 4.31 Å². The van der Waals surface area contributed by atoms with Crippen molar-refractivity contribution >= 4 is 26.7 Å². The number of furan rings is 1. The van der Waals surface area contributed by atoms with Gasteiger partial charge in [-0.05, 0) is 73.8 Å². The van der Waals surface area contributed by atoms with Crippen LogP contribution in [0.2, 0.25) is 0 Å². The SMILES string of the molecule is O=C(NCC(c1ccco1)N1CCCCC1)C1CCN(S(=O)(=O)c2ccc3ccccc3c2)CC1. The first-order chi connectivity index (χ1) is 17.0. The van der Waals surface area contributed by atoms with Gasteiger partial charge in [0.15, 0.2) is 0 Å². The molecule has 0 spiro atoms. The molecule has 3 aromatic rings. The Morgan fingerprint density at radius 1 is 0.943 bits per heavy atom. The summed E-state index contributed by atoms with van der Waals surface area (Å²) in [5.74, 6) is 0.696. The lowest BCUT2D eigenvalue weighted by molar-refractivity contribution is -0.126. The molecule has 5 rings (SSSR count). The number of amides is 1. The molecule has 186 valence electrons. The van der Waals surface area contributed by atoms with Gasteiger partial charge in [0, 0.05) is 25.6 Å². The summed E-state index contributed by atoms with van der Waals surface area (Å²) in [6, 6.07) is 16.9. The summed E-state index contributed by atoms with van der Waals surface area (Å²) in [7, 11) is -3.59. The summed E-state index contributed by atoms with van der Waals surface area (Å²) in [5, 5.41) is 5.05. The zero-order valence-electron chi connectivity index (χ0n) is 19.9. The van der Waals surface area contributed by atoms with Crippen molar-refractivity contribution in [2.75, 3.05) is 32.7 Å². The Kier molecular flexibility index (Phi) is 7.22. The maximum Gasteiger partial charge on any atom is 0.243 e. The maximum absolute atomic E-state index is 13.2. The monoisotopic (exact) mass is 495 g/mol. The number of likely N-dealkylation sites (tertiary alicyclic amines) is 1. The van der Waals surface area contributed by atoms with Crippen molar-refractivity contribution in [3.8, 4) is 0 Å². The van der Waals surface area contributed by atoms with Crippen LogP contribution in [0.15, 0.2) is 70.2 Å². The Labute approximate surface area is 207 Å². The number of carbonyl (C=O) groups is 1. The summed E-state index contributed by atoms with van der Waals surface area (Å²) in [4.78, 5) is 15.7. The normalized spacial score (nSPS) is 19.5. The van der Waals surface area contributed by atoms with Crippen molar-refractivity contribution in [2.24, 2.45) is 5.92 Å². The molecule has 1 atom stereocenters. The summed E-state index contributed by atoms with van der Waals surface area (Å²) in [6.45, 7) is 3.21. The van der Waals surface area contributed by atoms with E-state index < -0.39 is 10.0 Å². The minimum atomic E-state index is -3.59. The van der Waals surface area contributed by atoms with E-state index in [1.54, 1.807) is 18.4 Å². The lowest BCUT2D eigenvalue weighted by atomic mass is 9.97. The van der Waals surface area contributed by atoms with Crippen LogP contribution in [0.5, 0.6) is 0 Å². The minimum Gasteiger partial charge on any atom is -0.468 e. The van der Waals surface area contributed by atoms with Crippen molar-refractivity contribution < 1.29 is 17.6 Å². The molecular formula is C27H33N3O4S. The van der Waals surface area contributed by atoms with Crippen LogP contribution in [-0.2, 0) is 14.8 Å². The molecule has 2 aromatic carbocycles. The van der Waals surface area contributed by atoms with Crippen LogP contribution in [-0.4, -0.2) is 56.3 Å². The molecule has 1 N–H and O–H groups in total. The number of piperidine rings is 2. The van der Waals surface area contributed by atoms with Gasteiger partial charge in [0.05, 0.1) is 17.2 Å². The van der Waals surface area contributed by atoms with Gasteiger partial charge in [0.1, 0.15) is 5.76 Å². The van der Waals surface area contributed by atoms with Gasteiger partial charge in [-0.15, -0.1) is 0 Å². The van der Waals surface area contributed by atoms with Crippen LogP contribution in [0.1, 0.15) is 43.9 Å².